The van der Waals surface area contributed by atoms with Crippen LogP contribution in [-0.4, -0.2) is 44.2 Å². The van der Waals surface area contributed by atoms with Crippen molar-refractivity contribution in [3.8, 4) is 0 Å². The molecule has 0 radical (unpaired) electrons. The number of anilines is 1. The summed E-state index contributed by atoms with van der Waals surface area (Å²) in [6.45, 7) is 6.08. The van der Waals surface area contributed by atoms with Crippen LogP contribution < -0.4 is 16.3 Å². The van der Waals surface area contributed by atoms with E-state index in [0.29, 0.717) is 5.58 Å². The minimum atomic E-state index is -0.312. The van der Waals surface area contributed by atoms with Gasteiger partial charge in [0.15, 0.2) is 0 Å². The monoisotopic (exact) mass is 273 g/mol. The van der Waals surface area contributed by atoms with Gasteiger partial charge in [0.1, 0.15) is 5.58 Å². The second kappa shape index (κ2) is 6.07. The van der Waals surface area contributed by atoms with Crippen molar-refractivity contribution in [3.05, 3.63) is 40.8 Å². The Morgan fingerprint density at radius 3 is 2.90 bits per heavy atom. The maximum absolute atomic E-state index is 11.5. The molecule has 2 heterocycles. The van der Waals surface area contributed by atoms with E-state index >= 15 is 0 Å². The summed E-state index contributed by atoms with van der Waals surface area (Å²) in [5.74, 6) is 0. The SMILES string of the molecule is O=c1cc(NCCN2CCNCC2)c2ccccc2o1. The Labute approximate surface area is 117 Å². The fraction of sp³-hybridized carbons (Fsp3) is 0.400. The van der Waals surface area contributed by atoms with Gasteiger partial charge in [0.25, 0.3) is 0 Å². The van der Waals surface area contributed by atoms with E-state index in [0.717, 1.165) is 50.3 Å². The van der Waals surface area contributed by atoms with E-state index in [1.165, 1.54) is 6.07 Å². The van der Waals surface area contributed by atoms with E-state index in [1.807, 2.05) is 24.3 Å². The zero-order chi connectivity index (χ0) is 13.8. The van der Waals surface area contributed by atoms with Gasteiger partial charge < -0.3 is 15.1 Å². The summed E-state index contributed by atoms with van der Waals surface area (Å²) in [6.07, 6.45) is 0. The zero-order valence-corrected chi connectivity index (χ0v) is 11.4. The average molecular weight is 273 g/mol. The smallest absolute Gasteiger partial charge is 0.338 e. The minimum absolute atomic E-state index is 0.312. The topological polar surface area (TPSA) is 57.5 Å². The van der Waals surface area contributed by atoms with Gasteiger partial charge in [-0.25, -0.2) is 4.79 Å². The van der Waals surface area contributed by atoms with Gasteiger partial charge in [-0.05, 0) is 12.1 Å². The molecule has 106 valence electrons. The Balaban J connectivity index is 1.69. The van der Waals surface area contributed by atoms with E-state index in [9.17, 15) is 4.79 Å². The van der Waals surface area contributed by atoms with Gasteiger partial charge >= 0.3 is 5.63 Å². The molecule has 1 aliphatic heterocycles. The molecule has 2 aromatic rings. The Kier molecular flexibility index (Phi) is 3.99. The lowest BCUT2D eigenvalue weighted by Crippen LogP contribution is -2.45. The molecule has 5 nitrogen and oxygen atoms in total. The quantitative estimate of drug-likeness (QED) is 0.817. The molecule has 0 spiro atoms. The van der Waals surface area contributed by atoms with Crippen molar-refractivity contribution < 1.29 is 4.42 Å². The van der Waals surface area contributed by atoms with Gasteiger partial charge in [0, 0.05) is 50.7 Å². The number of nitrogens with one attached hydrogen (secondary N) is 2. The molecule has 1 aromatic carbocycles. The molecule has 0 bridgehead atoms. The number of fused-ring (bicyclic) bond motifs is 1. The van der Waals surface area contributed by atoms with E-state index < -0.39 is 0 Å². The largest absolute Gasteiger partial charge is 0.423 e. The highest BCUT2D eigenvalue weighted by molar-refractivity contribution is 5.89. The van der Waals surface area contributed by atoms with Crippen LogP contribution in [0.15, 0.2) is 39.5 Å². The molecule has 1 aliphatic rings. The Bertz CT molecular complexity index is 632. The van der Waals surface area contributed by atoms with Crippen LogP contribution in [0.5, 0.6) is 0 Å². The summed E-state index contributed by atoms with van der Waals surface area (Å²) in [5, 5.41) is 7.64. The number of nitrogens with zero attached hydrogens (tertiary/aromatic N) is 1. The number of piperazine rings is 1. The van der Waals surface area contributed by atoms with Crippen molar-refractivity contribution in [2.75, 3.05) is 44.6 Å². The first kappa shape index (κ1) is 13.1. The molecule has 0 atom stereocenters. The minimum Gasteiger partial charge on any atom is -0.423 e. The molecule has 0 amide bonds. The summed E-state index contributed by atoms with van der Waals surface area (Å²) < 4.78 is 5.18. The van der Waals surface area contributed by atoms with Crippen molar-refractivity contribution in [2.24, 2.45) is 0 Å². The molecule has 0 saturated carbocycles. The molecule has 5 heteroatoms. The lowest BCUT2D eigenvalue weighted by Gasteiger charge is -2.27. The first-order valence-corrected chi connectivity index (χ1v) is 7.03. The zero-order valence-electron chi connectivity index (χ0n) is 11.4. The third-order valence-corrected chi connectivity index (χ3v) is 3.60. The fourth-order valence-electron chi connectivity index (χ4n) is 2.54. The molecule has 3 rings (SSSR count). The van der Waals surface area contributed by atoms with Gasteiger partial charge in [-0.2, -0.15) is 0 Å². The van der Waals surface area contributed by atoms with Crippen LogP contribution in [0.1, 0.15) is 0 Å². The summed E-state index contributed by atoms with van der Waals surface area (Å²) in [7, 11) is 0. The van der Waals surface area contributed by atoms with E-state index in [1.54, 1.807) is 0 Å². The third kappa shape index (κ3) is 3.00. The lowest BCUT2D eigenvalue weighted by atomic mass is 10.2. The number of hydrogen-bond acceptors (Lipinski definition) is 5. The molecule has 20 heavy (non-hydrogen) atoms. The van der Waals surface area contributed by atoms with Crippen LogP contribution in [0.25, 0.3) is 11.0 Å². The highest BCUT2D eigenvalue weighted by Crippen LogP contribution is 2.20. The van der Waals surface area contributed by atoms with E-state index in [-0.39, 0.29) is 5.63 Å². The van der Waals surface area contributed by atoms with Crippen LogP contribution in [0.3, 0.4) is 0 Å². The third-order valence-electron chi connectivity index (χ3n) is 3.60. The van der Waals surface area contributed by atoms with Crippen LogP contribution >= 0.6 is 0 Å². The van der Waals surface area contributed by atoms with Gasteiger partial charge in [-0.1, -0.05) is 12.1 Å². The normalized spacial score (nSPS) is 16.4. The van der Waals surface area contributed by atoms with Crippen molar-refractivity contribution in [3.63, 3.8) is 0 Å². The number of hydrogen-bond donors (Lipinski definition) is 2. The van der Waals surface area contributed by atoms with E-state index in [2.05, 4.69) is 15.5 Å². The van der Waals surface area contributed by atoms with E-state index in [4.69, 9.17) is 4.42 Å². The standard InChI is InChI=1S/C15H19N3O2/c19-15-11-13(12-3-1-2-4-14(12)20-15)17-7-10-18-8-5-16-6-9-18/h1-4,11,16-17H,5-10H2. The summed E-state index contributed by atoms with van der Waals surface area (Å²) in [6, 6.07) is 9.13. The molecular formula is C15H19N3O2. The highest BCUT2D eigenvalue weighted by atomic mass is 16.4. The van der Waals surface area contributed by atoms with Crippen LogP contribution in [-0.2, 0) is 0 Å². The molecule has 0 unspecified atom stereocenters. The highest BCUT2D eigenvalue weighted by Gasteiger charge is 2.09. The van der Waals surface area contributed by atoms with Crippen molar-refractivity contribution in [2.45, 2.75) is 0 Å². The van der Waals surface area contributed by atoms with Crippen LogP contribution in [0.4, 0.5) is 5.69 Å². The molecule has 0 aliphatic carbocycles. The second-order valence-corrected chi connectivity index (χ2v) is 4.99. The fourth-order valence-corrected chi connectivity index (χ4v) is 2.54. The lowest BCUT2D eigenvalue weighted by molar-refractivity contribution is 0.249. The Morgan fingerprint density at radius 2 is 2.05 bits per heavy atom. The molecule has 1 aromatic heterocycles. The maximum Gasteiger partial charge on any atom is 0.338 e. The maximum atomic E-state index is 11.5. The molecule has 2 N–H and O–H groups in total. The second-order valence-electron chi connectivity index (χ2n) is 4.99. The van der Waals surface area contributed by atoms with Crippen molar-refractivity contribution >= 4 is 16.7 Å². The van der Waals surface area contributed by atoms with Gasteiger partial charge in [0.2, 0.25) is 0 Å². The number of benzene rings is 1. The molecule has 1 fully saturated rings. The summed E-state index contributed by atoms with van der Waals surface area (Å²) in [4.78, 5) is 14.0. The number of para-hydroxylation sites is 1. The Morgan fingerprint density at radius 1 is 1.25 bits per heavy atom. The van der Waals surface area contributed by atoms with Crippen molar-refractivity contribution in [1.29, 1.82) is 0 Å². The first-order valence-electron chi connectivity index (χ1n) is 7.03. The van der Waals surface area contributed by atoms with Crippen molar-refractivity contribution in [1.82, 2.24) is 10.2 Å². The first-order chi connectivity index (χ1) is 9.83. The Hall–Kier alpha value is -1.85. The predicted octanol–water partition coefficient (Wildman–Crippen LogP) is 1.11. The van der Waals surface area contributed by atoms with Crippen LogP contribution in [0.2, 0.25) is 0 Å². The summed E-state index contributed by atoms with van der Waals surface area (Å²) >= 11 is 0. The molecular weight excluding hydrogens is 254 g/mol. The molecule has 1 saturated heterocycles. The van der Waals surface area contributed by atoms with Gasteiger partial charge in [0.05, 0.1) is 5.69 Å². The van der Waals surface area contributed by atoms with Gasteiger partial charge in [-0.15, -0.1) is 0 Å². The summed E-state index contributed by atoms with van der Waals surface area (Å²) in [5.41, 5.74) is 1.17. The van der Waals surface area contributed by atoms with Gasteiger partial charge in [-0.3, -0.25) is 4.90 Å². The average Bonchev–Trinajstić information content (AvgIpc) is 2.48. The number of rotatable bonds is 4. The predicted molar refractivity (Wildman–Crippen MR) is 80.3 cm³/mol. The van der Waals surface area contributed by atoms with Crippen LogP contribution in [0, 0.1) is 0 Å².